The average Bonchev–Trinajstić information content (AvgIpc) is 2.74. The van der Waals surface area contributed by atoms with Crippen LogP contribution in [0.1, 0.15) is 50.0 Å². The molecule has 0 aromatic carbocycles. The van der Waals surface area contributed by atoms with Gasteiger partial charge in [0.05, 0.1) is 17.4 Å². The van der Waals surface area contributed by atoms with Crippen LogP contribution in [0.2, 0.25) is 0 Å². The van der Waals surface area contributed by atoms with Gasteiger partial charge in [-0.1, -0.05) is 25.0 Å². The molecule has 88 valence electrons. The smallest absolute Gasteiger partial charge is 0.0997 e. The van der Waals surface area contributed by atoms with E-state index in [9.17, 15) is 0 Å². The van der Waals surface area contributed by atoms with E-state index in [1.165, 1.54) is 37.1 Å². The Balaban J connectivity index is 1.90. The number of aromatic nitrogens is 3. The van der Waals surface area contributed by atoms with Gasteiger partial charge < -0.3 is 5.32 Å². The van der Waals surface area contributed by atoms with Gasteiger partial charge in [-0.2, -0.15) is 0 Å². The van der Waals surface area contributed by atoms with Crippen LogP contribution in [0.3, 0.4) is 0 Å². The summed E-state index contributed by atoms with van der Waals surface area (Å²) in [6, 6.07) is 0.600. The van der Waals surface area contributed by atoms with E-state index < -0.39 is 0 Å². The van der Waals surface area contributed by atoms with Crippen molar-refractivity contribution in [3.63, 3.8) is 0 Å². The van der Waals surface area contributed by atoms with E-state index in [1.807, 2.05) is 0 Å². The van der Waals surface area contributed by atoms with Crippen molar-refractivity contribution in [3.05, 3.63) is 11.4 Å². The van der Waals surface area contributed by atoms with E-state index in [-0.39, 0.29) is 0 Å². The lowest BCUT2D eigenvalue weighted by molar-refractivity contribution is 0.231. The molecule has 0 bridgehead atoms. The van der Waals surface area contributed by atoms with Crippen LogP contribution in [0.5, 0.6) is 0 Å². The van der Waals surface area contributed by atoms with Crippen LogP contribution in [0.4, 0.5) is 0 Å². The molecular weight excluding hydrogens is 200 g/mol. The van der Waals surface area contributed by atoms with Gasteiger partial charge in [0.2, 0.25) is 0 Å². The van der Waals surface area contributed by atoms with Crippen molar-refractivity contribution in [3.8, 4) is 0 Å². The van der Waals surface area contributed by atoms with Crippen LogP contribution in [-0.2, 0) is 13.0 Å². The molecule has 1 fully saturated rings. The second-order valence-corrected chi connectivity index (χ2v) is 5.18. The van der Waals surface area contributed by atoms with Gasteiger partial charge in [-0.25, -0.2) is 4.68 Å². The molecule has 1 aromatic heterocycles. The molecule has 1 N–H and O–H groups in total. The maximum Gasteiger partial charge on any atom is 0.0997 e. The fourth-order valence-electron chi connectivity index (χ4n) is 3.08. The van der Waals surface area contributed by atoms with Crippen molar-refractivity contribution in [2.24, 2.45) is 5.92 Å². The van der Waals surface area contributed by atoms with Gasteiger partial charge in [-0.3, -0.25) is 0 Å². The van der Waals surface area contributed by atoms with E-state index in [4.69, 9.17) is 0 Å². The minimum atomic E-state index is 0.600. The Morgan fingerprint density at radius 1 is 1.31 bits per heavy atom. The lowest BCUT2D eigenvalue weighted by Crippen LogP contribution is -2.28. The van der Waals surface area contributed by atoms with Gasteiger partial charge in [-0.15, -0.1) is 5.10 Å². The number of fused-ring (bicyclic) bond motifs is 1. The molecule has 1 saturated carbocycles. The maximum atomic E-state index is 4.40. The van der Waals surface area contributed by atoms with Crippen LogP contribution in [0, 0.1) is 5.92 Å². The summed E-state index contributed by atoms with van der Waals surface area (Å²) in [5, 5.41) is 12.1. The van der Waals surface area contributed by atoms with E-state index in [0.29, 0.717) is 6.04 Å². The van der Waals surface area contributed by atoms with Crippen molar-refractivity contribution >= 4 is 0 Å². The van der Waals surface area contributed by atoms with Crippen molar-refractivity contribution < 1.29 is 0 Å². The summed E-state index contributed by atoms with van der Waals surface area (Å²) in [5.74, 6) is 0.759. The minimum absolute atomic E-state index is 0.600. The van der Waals surface area contributed by atoms with Gasteiger partial charge >= 0.3 is 0 Å². The summed E-state index contributed by atoms with van der Waals surface area (Å²) < 4.78 is 2.24. The summed E-state index contributed by atoms with van der Waals surface area (Å²) in [6.45, 7) is 4.33. The summed E-state index contributed by atoms with van der Waals surface area (Å²) >= 11 is 0. The predicted molar refractivity (Wildman–Crippen MR) is 62.1 cm³/mol. The topological polar surface area (TPSA) is 42.7 Å². The van der Waals surface area contributed by atoms with Crippen LogP contribution >= 0.6 is 0 Å². The standard InChI is InChI=1S/C12H20N4/c1-9-4-2-3-5-11(9)16-12-6-7-13-8-10(12)14-15-16/h9,11,13H,2-8H2,1H3. The third kappa shape index (κ3) is 1.65. The highest BCUT2D eigenvalue weighted by Crippen LogP contribution is 2.34. The second-order valence-electron chi connectivity index (χ2n) is 5.18. The molecule has 0 radical (unpaired) electrons. The van der Waals surface area contributed by atoms with Gasteiger partial charge in [0.15, 0.2) is 0 Å². The predicted octanol–water partition coefficient (Wildman–Crippen LogP) is 1.68. The summed E-state index contributed by atoms with van der Waals surface area (Å²) in [7, 11) is 0. The van der Waals surface area contributed by atoms with E-state index in [1.54, 1.807) is 0 Å². The highest BCUT2D eigenvalue weighted by Gasteiger charge is 2.27. The number of nitrogens with zero attached hydrogens (tertiary/aromatic N) is 3. The maximum absolute atomic E-state index is 4.40. The molecule has 1 aromatic rings. The van der Waals surface area contributed by atoms with Gasteiger partial charge in [0, 0.05) is 19.5 Å². The first kappa shape index (κ1) is 10.3. The third-order valence-corrected chi connectivity index (χ3v) is 4.08. The van der Waals surface area contributed by atoms with Gasteiger partial charge in [0.25, 0.3) is 0 Å². The minimum Gasteiger partial charge on any atom is -0.311 e. The Morgan fingerprint density at radius 3 is 3.06 bits per heavy atom. The van der Waals surface area contributed by atoms with Crippen LogP contribution in [0.15, 0.2) is 0 Å². The Morgan fingerprint density at radius 2 is 2.19 bits per heavy atom. The highest BCUT2D eigenvalue weighted by atomic mass is 15.4. The molecule has 2 aliphatic rings. The van der Waals surface area contributed by atoms with Crippen LogP contribution in [0.25, 0.3) is 0 Å². The summed E-state index contributed by atoms with van der Waals surface area (Å²) in [5.41, 5.74) is 2.56. The average molecular weight is 220 g/mol. The molecular formula is C12H20N4. The zero-order chi connectivity index (χ0) is 11.0. The zero-order valence-corrected chi connectivity index (χ0v) is 9.95. The normalized spacial score (nSPS) is 30.1. The number of hydrogen-bond acceptors (Lipinski definition) is 3. The molecule has 0 amide bonds. The lowest BCUT2D eigenvalue weighted by atomic mass is 9.86. The van der Waals surface area contributed by atoms with Crippen molar-refractivity contribution in [2.75, 3.05) is 6.54 Å². The van der Waals surface area contributed by atoms with Crippen LogP contribution < -0.4 is 5.32 Å². The summed E-state index contributed by atoms with van der Waals surface area (Å²) in [6.07, 6.45) is 6.45. The Labute approximate surface area is 96.4 Å². The Bertz CT molecular complexity index is 371. The molecule has 0 spiro atoms. The number of rotatable bonds is 1. The summed E-state index contributed by atoms with van der Waals surface area (Å²) in [4.78, 5) is 0. The molecule has 0 saturated heterocycles. The first-order valence-electron chi connectivity index (χ1n) is 6.50. The lowest BCUT2D eigenvalue weighted by Gasteiger charge is -2.30. The van der Waals surface area contributed by atoms with Gasteiger partial charge in [-0.05, 0) is 18.8 Å². The second kappa shape index (κ2) is 4.17. The zero-order valence-electron chi connectivity index (χ0n) is 9.95. The van der Waals surface area contributed by atoms with Crippen molar-refractivity contribution in [1.82, 2.24) is 20.3 Å². The quantitative estimate of drug-likeness (QED) is 0.783. The largest absolute Gasteiger partial charge is 0.311 e. The monoisotopic (exact) mass is 220 g/mol. The molecule has 3 rings (SSSR count). The molecule has 2 heterocycles. The fourth-order valence-corrected chi connectivity index (χ4v) is 3.08. The molecule has 16 heavy (non-hydrogen) atoms. The third-order valence-electron chi connectivity index (χ3n) is 4.08. The SMILES string of the molecule is CC1CCCCC1n1nnc2c1CCNC2. The van der Waals surface area contributed by atoms with E-state index in [0.717, 1.165) is 25.4 Å². The van der Waals surface area contributed by atoms with Crippen molar-refractivity contribution in [1.29, 1.82) is 0 Å². The van der Waals surface area contributed by atoms with Crippen molar-refractivity contribution in [2.45, 2.75) is 51.6 Å². The first-order chi connectivity index (χ1) is 7.86. The molecule has 4 nitrogen and oxygen atoms in total. The van der Waals surface area contributed by atoms with E-state index >= 15 is 0 Å². The molecule has 1 aliphatic carbocycles. The molecule has 2 unspecified atom stereocenters. The molecule has 4 heteroatoms. The van der Waals surface area contributed by atoms with Gasteiger partial charge in [0.1, 0.15) is 0 Å². The molecule has 2 atom stereocenters. The van der Waals surface area contributed by atoms with Crippen LogP contribution in [-0.4, -0.2) is 21.5 Å². The molecule has 1 aliphatic heterocycles. The Hall–Kier alpha value is -0.900. The first-order valence-corrected chi connectivity index (χ1v) is 6.50. The highest BCUT2D eigenvalue weighted by molar-refractivity contribution is 5.14. The number of hydrogen-bond donors (Lipinski definition) is 1. The fraction of sp³-hybridized carbons (Fsp3) is 0.833. The Kier molecular flexibility index (Phi) is 2.67. The number of nitrogens with one attached hydrogen (secondary N) is 1. The van der Waals surface area contributed by atoms with E-state index in [2.05, 4.69) is 27.2 Å².